The summed E-state index contributed by atoms with van der Waals surface area (Å²) in [6.07, 6.45) is 0.805. The van der Waals surface area contributed by atoms with Crippen molar-refractivity contribution in [3.63, 3.8) is 0 Å². The number of nitrogens with one attached hydrogen (secondary N) is 1. The molecule has 0 atom stereocenters. The molecule has 0 bridgehead atoms. The number of nitriles is 1. The molecule has 8 heteroatoms. The molecular formula is C15H14N4O2S2. The van der Waals surface area contributed by atoms with Crippen molar-refractivity contribution >= 4 is 34.3 Å². The van der Waals surface area contributed by atoms with E-state index in [4.69, 9.17) is 4.74 Å². The standard InChI is InChI=1S/C15H14N4O2S2/c16-10-15(6-8-21-9-7-15)12(20)17-13-18-14(19-23-13)22-11-4-2-1-3-5-11/h1-5H,6-9H2,(H,17,18,19,20). The molecule has 0 saturated carbocycles. The second-order valence-corrected chi connectivity index (χ2v) is 6.85. The Hall–Kier alpha value is -1.95. The first-order valence-corrected chi connectivity index (χ1v) is 8.68. The first-order valence-electron chi connectivity index (χ1n) is 7.09. The molecule has 0 radical (unpaired) electrons. The van der Waals surface area contributed by atoms with Gasteiger partial charge in [-0.15, -0.1) is 0 Å². The number of nitrogens with zero attached hydrogens (tertiary/aromatic N) is 3. The summed E-state index contributed by atoms with van der Waals surface area (Å²) in [5, 5.41) is 13.1. The van der Waals surface area contributed by atoms with Gasteiger partial charge >= 0.3 is 0 Å². The molecule has 0 spiro atoms. The number of carbonyl (C=O) groups excluding carboxylic acids is 1. The first kappa shape index (κ1) is 15.9. The predicted octanol–water partition coefficient (Wildman–Crippen LogP) is 2.95. The Morgan fingerprint density at radius 3 is 2.78 bits per heavy atom. The highest BCUT2D eigenvalue weighted by Gasteiger charge is 2.40. The van der Waals surface area contributed by atoms with Crippen LogP contribution in [0.15, 0.2) is 40.4 Å². The SMILES string of the molecule is N#CC1(C(=O)Nc2nc(Sc3ccccc3)ns2)CCOCC1. The minimum absolute atomic E-state index is 0.323. The lowest BCUT2D eigenvalue weighted by molar-refractivity contribution is -0.126. The number of amides is 1. The monoisotopic (exact) mass is 346 g/mol. The Kier molecular flexibility index (Phi) is 4.91. The minimum atomic E-state index is -1.03. The summed E-state index contributed by atoms with van der Waals surface area (Å²) < 4.78 is 9.47. The lowest BCUT2D eigenvalue weighted by Gasteiger charge is -2.28. The van der Waals surface area contributed by atoms with E-state index in [1.165, 1.54) is 11.8 Å². The number of carbonyl (C=O) groups is 1. The quantitative estimate of drug-likeness (QED) is 0.916. The highest BCUT2D eigenvalue weighted by atomic mass is 32.2. The van der Waals surface area contributed by atoms with Gasteiger partial charge in [-0.3, -0.25) is 10.1 Å². The molecule has 1 aromatic heterocycles. The van der Waals surface area contributed by atoms with Gasteiger partial charge in [0, 0.05) is 29.6 Å². The van der Waals surface area contributed by atoms with E-state index in [1.54, 1.807) is 0 Å². The van der Waals surface area contributed by atoms with Gasteiger partial charge in [0.2, 0.25) is 16.2 Å². The zero-order valence-corrected chi connectivity index (χ0v) is 13.8. The molecule has 2 aromatic rings. The number of hydrogen-bond acceptors (Lipinski definition) is 7. The summed E-state index contributed by atoms with van der Waals surface area (Å²) in [6, 6.07) is 11.9. The molecule has 118 valence electrons. The van der Waals surface area contributed by atoms with E-state index in [0.29, 0.717) is 36.3 Å². The van der Waals surface area contributed by atoms with E-state index in [0.717, 1.165) is 16.4 Å². The summed E-state index contributed by atoms with van der Waals surface area (Å²) in [4.78, 5) is 17.8. The van der Waals surface area contributed by atoms with E-state index < -0.39 is 5.41 Å². The first-order chi connectivity index (χ1) is 11.2. The van der Waals surface area contributed by atoms with E-state index in [1.807, 2.05) is 30.3 Å². The van der Waals surface area contributed by atoms with Crippen LogP contribution in [0.1, 0.15) is 12.8 Å². The summed E-state index contributed by atoms with van der Waals surface area (Å²) in [5.74, 6) is -0.323. The lowest BCUT2D eigenvalue weighted by atomic mass is 9.81. The number of ether oxygens (including phenoxy) is 1. The van der Waals surface area contributed by atoms with Crippen LogP contribution < -0.4 is 5.32 Å². The molecule has 3 rings (SSSR count). The molecule has 0 aliphatic carbocycles. The van der Waals surface area contributed by atoms with Gasteiger partial charge in [-0.1, -0.05) is 18.2 Å². The van der Waals surface area contributed by atoms with E-state index >= 15 is 0 Å². The number of rotatable bonds is 4. The number of hydrogen-bond donors (Lipinski definition) is 1. The van der Waals surface area contributed by atoms with Crippen molar-refractivity contribution in [1.29, 1.82) is 5.26 Å². The molecule has 6 nitrogen and oxygen atoms in total. The maximum absolute atomic E-state index is 12.4. The fraction of sp³-hybridized carbons (Fsp3) is 0.333. The summed E-state index contributed by atoms with van der Waals surface area (Å²) in [5.41, 5.74) is -1.03. The fourth-order valence-corrected chi connectivity index (χ4v) is 3.65. The van der Waals surface area contributed by atoms with Crippen LogP contribution in [-0.4, -0.2) is 28.5 Å². The van der Waals surface area contributed by atoms with Crippen LogP contribution in [0.4, 0.5) is 5.13 Å². The molecule has 1 fully saturated rings. The maximum atomic E-state index is 12.4. The molecule has 1 N–H and O–H groups in total. The van der Waals surface area contributed by atoms with Crippen LogP contribution >= 0.6 is 23.3 Å². The zero-order chi connectivity index (χ0) is 16.1. The predicted molar refractivity (Wildman–Crippen MR) is 87.2 cm³/mol. The van der Waals surface area contributed by atoms with E-state index in [-0.39, 0.29) is 5.91 Å². The van der Waals surface area contributed by atoms with Crippen molar-refractivity contribution in [1.82, 2.24) is 9.36 Å². The molecule has 23 heavy (non-hydrogen) atoms. The zero-order valence-electron chi connectivity index (χ0n) is 12.2. The Balaban J connectivity index is 1.67. The average molecular weight is 346 g/mol. The van der Waals surface area contributed by atoms with Crippen LogP contribution in [0.5, 0.6) is 0 Å². The molecular weight excluding hydrogens is 332 g/mol. The Morgan fingerprint density at radius 2 is 2.09 bits per heavy atom. The molecule has 1 amide bonds. The molecule has 0 unspecified atom stereocenters. The van der Waals surface area contributed by atoms with Crippen molar-refractivity contribution < 1.29 is 9.53 Å². The van der Waals surface area contributed by atoms with E-state index in [2.05, 4.69) is 20.7 Å². The van der Waals surface area contributed by atoms with E-state index in [9.17, 15) is 10.1 Å². The van der Waals surface area contributed by atoms with Gasteiger partial charge in [0.05, 0.1) is 6.07 Å². The Morgan fingerprint density at radius 1 is 1.35 bits per heavy atom. The Bertz CT molecular complexity index is 721. The fourth-order valence-electron chi connectivity index (χ4n) is 2.22. The Labute approximate surface area is 142 Å². The van der Waals surface area contributed by atoms with Gasteiger partial charge in [-0.2, -0.15) is 14.6 Å². The van der Waals surface area contributed by atoms with Crippen molar-refractivity contribution in [3.8, 4) is 6.07 Å². The van der Waals surface area contributed by atoms with Crippen LogP contribution in [0, 0.1) is 16.7 Å². The van der Waals surface area contributed by atoms with Gasteiger partial charge in [0.1, 0.15) is 5.41 Å². The maximum Gasteiger partial charge on any atom is 0.246 e. The van der Waals surface area contributed by atoms with Gasteiger partial charge in [-0.05, 0) is 36.7 Å². The summed E-state index contributed by atoms with van der Waals surface area (Å²) in [7, 11) is 0. The van der Waals surface area contributed by atoms with Crippen molar-refractivity contribution in [2.75, 3.05) is 18.5 Å². The second kappa shape index (κ2) is 7.08. The third-order valence-electron chi connectivity index (χ3n) is 3.58. The van der Waals surface area contributed by atoms with Crippen LogP contribution in [0.3, 0.4) is 0 Å². The van der Waals surface area contributed by atoms with Gasteiger partial charge in [0.25, 0.3) is 0 Å². The summed E-state index contributed by atoms with van der Waals surface area (Å²) in [6.45, 7) is 0.846. The van der Waals surface area contributed by atoms with Crippen molar-refractivity contribution in [3.05, 3.63) is 30.3 Å². The van der Waals surface area contributed by atoms with Crippen LogP contribution in [-0.2, 0) is 9.53 Å². The number of benzene rings is 1. The smallest absolute Gasteiger partial charge is 0.246 e. The van der Waals surface area contributed by atoms with Crippen LogP contribution in [0.25, 0.3) is 0 Å². The molecule has 2 heterocycles. The third-order valence-corrected chi connectivity index (χ3v) is 5.19. The van der Waals surface area contributed by atoms with Crippen LogP contribution in [0.2, 0.25) is 0 Å². The topological polar surface area (TPSA) is 87.9 Å². The average Bonchev–Trinajstić information content (AvgIpc) is 3.03. The third kappa shape index (κ3) is 3.69. The molecule has 1 saturated heterocycles. The molecule has 1 aliphatic rings. The highest BCUT2D eigenvalue weighted by molar-refractivity contribution is 7.99. The minimum Gasteiger partial charge on any atom is -0.381 e. The van der Waals surface area contributed by atoms with Gasteiger partial charge in [0.15, 0.2) is 0 Å². The molecule has 1 aliphatic heterocycles. The number of anilines is 1. The largest absolute Gasteiger partial charge is 0.381 e. The molecule has 1 aromatic carbocycles. The normalized spacial score (nSPS) is 16.5. The number of aromatic nitrogens is 2. The van der Waals surface area contributed by atoms with Crippen molar-refractivity contribution in [2.45, 2.75) is 22.9 Å². The second-order valence-electron chi connectivity index (χ2n) is 5.06. The lowest BCUT2D eigenvalue weighted by Crippen LogP contribution is -2.39. The van der Waals surface area contributed by atoms with Crippen molar-refractivity contribution in [2.24, 2.45) is 5.41 Å². The summed E-state index contributed by atoms with van der Waals surface area (Å²) >= 11 is 2.54. The highest BCUT2D eigenvalue weighted by Crippen LogP contribution is 2.32. The van der Waals surface area contributed by atoms with Gasteiger partial charge in [-0.25, -0.2) is 0 Å². The van der Waals surface area contributed by atoms with Gasteiger partial charge < -0.3 is 4.74 Å².